The number of sulfone groups is 1. The maximum absolute atomic E-state index is 12.3. The van der Waals surface area contributed by atoms with Crippen LogP contribution >= 0.6 is 11.3 Å². The summed E-state index contributed by atoms with van der Waals surface area (Å²) in [5.41, 5.74) is 3.18. The highest BCUT2D eigenvalue weighted by Crippen LogP contribution is 2.23. The molecule has 9 heteroatoms. The number of hydrogen-bond donors (Lipinski definition) is 2. The van der Waals surface area contributed by atoms with Crippen LogP contribution in [-0.4, -0.2) is 39.7 Å². The van der Waals surface area contributed by atoms with Crippen LogP contribution in [0.1, 0.15) is 5.69 Å². The van der Waals surface area contributed by atoms with E-state index in [1.165, 1.54) is 17.6 Å². The molecule has 0 atom stereocenters. The molecule has 0 saturated heterocycles. The molecule has 2 N–H and O–H groups in total. The Balaban J connectivity index is 1.57. The van der Waals surface area contributed by atoms with Crippen LogP contribution in [0.15, 0.2) is 58.8 Å². The van der Waals surface area contributed by atoms with Crippen molar-refractivity contribution in [1.29, 1.82) is 0 Å². The lowest BCUT2D eigenvalue weighted by Crippen LogP contribution is -2.15. The third-order valence-electron chi connectivity index (χ3n) is 4.09. The molecule has 0 radical (unpaired) electrons. The van der Waals surface area contributed by atoms with Crippen LogP contribution in [0.2, 0.25) is 0 Å². The third-order valence-corrected chi connectivity index (χ3v) is 6.03. The second-order valence-electron chi connectivity index (χ2n) is 6.73. The van der Waals surface area contributed by atoms with Crippen molar-refractivity contribution in [1.82, 2.24) is 4.98 Å². The maximum atomic E-state index is 12.3. The number of amides is 1. The number of aromatic nitrogens is 1. The van der Waals surface area contributed by atoms with Crippen molar-refractivity contribution in [3.8, 4) is 0 Å². The van der Waals surface area contributed by atoms with Crippen molar-refractivity contribution in [3.05, 3.63) is 59.6 Å². The zero-order chi connectivity index (χ0) is 21.0. The molecule has 0 fully saturated rings. The Labute approximate surface area is 174 Å². The monoisotopic (exact) mass is 430 g/mol. The number of carbonyl (C=O) groups is 1. The SMILES string of the molecule is CN(C)c1ccc(NC(=O)Cc2csc(Nc3ccc(S(C)(=O)=O)cc3)n2)cc1. The van der Waals surface area contributed by atoms with Gasteiger partial charge in [-0.15, -0.1) is 11.3 Å². The quantitative estimate of drug-likeness (QED) is 0.596. The molecule has 3 rings (SSSR count). The first-order chi connectivity index (χ1) is 13.7. The molecule has 0 spiro atoms. The molecule has 152 valence electrons. The number of carbonyl (C=O) groups excluding carboxylic acids is 1. The summed E-state index contributed by atoms with van der Waals surface area (Å²) >= 11 is 1.38. The number of hydrogen-bond acceptors (Lipinski definition) is 7. The lowest BCUT2D eigenvalue weighted by atomic mass is 10.2. The summed E-state index contributed by atoms with van der Waals surface area (Å²) in [6, 6.07) is 14.1. The summed E-state index contributed by atoms with van der Waals surface area (Å²) in [6.45, 7) is 0. The van der Waals surface area contributed by atoms with E-state index in [2.05, 4.69) is 15.6 Å². The van der Waals surface area contributed by atoms with Gasteiger partial charge in [0.05, 0.1) is 17.0 Å². The average molecular weight is 431 g/mol. The molecule has 3 aromatic rings. The summed E-state index contributed by atoms with van der Waals surface area (Å²) < 4.78 is 23.0. The normalized spacial score (nSPS) is 11.1. The van der Waals surface area contributed by atoms with Gasteiger partial charge in [0.15, 0.2) is 15.0 Å². The maximum Gasteiger partial charge on any atom is 0.230 e. The van der Waals surface area contributed by atoms with E-state index < -0.39 is 9.84 Å². The Morgan fingerprint density at radius 1 is 1.03 bits per heavy atom. The van der Waals surface area contributed by atoms with Gasteiger partial charge in [-0.3, -0.25) is 4.79 Å². The fraction of sp³-hybridized carbons (Fsp3) is 0.200. The Hall–Kier alpha value is -2.91. The minimum absolute atomic E-state index is 0.142. The van der Waals surface area contributed by atoms with Crippen molar-refractivity contribution in [2.24, 2.45) is 0 Å². The van der Waals surface area contributed by atoms with E-state index >= 15 is 0 Å². The van der Waals surface area contributed by atoms with Gasteiger partial charge in [-0.2, -0.15) is 0 Å². The number of nitrogens with zero attached hydrogens (tertiary/aromatic N) is 2. The van der Waals surface area contributed by atoms with Gasteiger partial charge in [-0.1, -0.05) is 0 Å². The molecule has 1 aromatic heterocycles. The number of rotatable bonds is 7. The molecule has 1 amide bonds. The fourth-order valence-corrected chi connectivity index (χ4v) is 3.93. The summed E-state index contributed by atoms with van der Waals surface area (Å²) in [6.07, 6.45) is 1.34. The van der Waals surface area contributed by atoms with Crippen LogP contribution < -0.4 is 15.5 Å². The highest BCUT2D eigenvalue weighted by molar-refractivity contribution is 7.90. The van der Waals surface area contributed by atoms with Crippen LogP contribution in [0.3, 0.4) is 0 Å². The van der Waals surface area contributed by atoms with E-state index in [0.29, 0.717) is 10.8 Å². The number of anilines is 4. The fourth-order valence-electron chi connectivity index (χ4n) is 2.57. The lowest BCUT2D eigenvalue weighted by molar-refractivity contribution is -0.115. The molecule has 1 heterocycles. The average Bonchev–Trinajstić information content (AvgIpc) is 3.08. The van der Waals surface area contributed by atoms with Crippen LogP contribution in [0.4, 0.5) is 22.2 Å². The number of benzene rings is 2. The zero-order valence-electron chi connectivity index (χ0n) is 16.3. The van der Waals surface area contributed by atoms with Gasteiger partial charge in [-0.05, 0) is 48.5 Å². The minimum atomic E-state index is -3.22. The van der Waals surface area contributed by atoms with Crippen LogP contribution in [0, 0.1) is 0 Å². The Morgan fingerprint density at radius 2 is 1.66 bits per heavy atom. The molecule has 0 bridgehead atoms. The van der Waals surface area contributed by atoms with Gasteiger partial charge in [0.25, 0.3) is 0 Å². The van der Waals surface area contributed by atoms with E-state index in [1.807, 2.05) is 48.6 Å². The van der Waals surface area contributed by atoms with Gasteiger partial charge >= 0.3 is 0 Å². The number of thiazole rings is 1. The third kappa shape index (κ3) is 5.78. The summed E-state index contributed by atoms with van der Waals surface area (Å²) in [5, 5.41) is 8.44. The van der Waals surface area contributed by atoms with Gasteiger partial charge < -0.3 is 15.5 Å². The van der Waals surface area contributed by atoms with E-state index in [4.69, 9.17) is 0 Å². The van der Waals surface area contributed by atoms with Crippen molar-refractivity contribution < 1.29 is 13.2 Å². The summed E-state index contributed by atoms with van der Waals surface area (Å²) in [4.78, 5) is 18.9. The molecule has 0 unspecified atom stereocenters. The molecular formula is C20H22N4O3S2. The Kier molecular flexibility index (Phi) is 6.19. The van der Waals surface area contributed by atoms with E-state index in [9.17, 15) is 13.2 Å². The minimum Gasteiger partial charge on any atom is -0.378 e. The largest absolute Gasteiger partial charge is 0.378 e. The first-order valence-corrected chi connectivity index (χ1v) is 11.6. The van der Waals surface area contributed by atoms with Gasteiger partial charge in [0.1, 0.15) is 0 Å². The Bertz CT molecular complexity index is 1090. The topological polar surface area (TPSA) is 91.4 Å². The molecular weight excluding hydrogens is 408 g/mol. The molecule has 0 saturated carbocycles. The molecule has 0 aliphatic carbocycles. The molecule has 0 aliphatic rings. The predicted molar refractivity (Wildman–Crippen MR) is 118 cm³/mol. The van der Waals surface area contributed by atoms with Gasteiger partial charge in [0, 0.05) is 42.8 Å². The Morgan fingerprint density at radius 3 is 2.24 bits per heavy atom. The molecule has 7 nitrogen and oxygen atoms in total. The van der Waals surface area contributed by atoms with E-state index in [0.717, 1.165) is 17.1 Å². The van der Waals surface area contributed by atoms with Gasteiger partial charge in [-0.25, -0.2) is 13.4 Å². The van der Waals surface area contributed by atoms with Crippen molar-refractivity contribution in [2.45, 2.75) is 11.3 Å². The zero-order valence-corrected chi connectivity index (χ0v) is 18.0. The first kappa shape index (κ1) is 20.8. The highest BCUT2D eigenvalue weighted by atomic mass is 32.2. The van der Waals surface area contributed by atoms with Crippen LogP contribution in [0.5, 0.6) is 0 Å². The summed E-state index contributed by atoms with van der Waals surface area (Å²) in [5.74, 6) is -0.142. The van der Waals surface area contributed by atoms with Gasteiger partial charge in [0.2, 0.25) is 5.91 Å². The molecule has 29 heavy (non-hydrogen) atoms. The van der Waals surface area contributed by atoms with E-state index in [1.54, 1.807) is 24.3 Å². The standard InChI is InChI=1S/C20H22N4O3S2/c1-24(2)17-8-4-14(5-9-17)21-19(25)12-16-13-28-20(23-16)22-15-6-10-18(11-7-15)29(3,26)27/h4-11,13H,12H2,1-3H3,(H,21,25)(H,22,23). The summed E-state index contributed by atoms with van der Waals surface area (Å²) in [7, 11) is 0.698. The van der Waals surface area contributed by atoms with E-state index in [-0.39, 0.29) is 17.2 Å². The highest BCUT2D eigenvalue weighted by Gasteiger charge is 2.10. The lowest BCUT2D eigenvalue weighted by Gasteiger charge is -2.12. The predicted octanol–water partition coefficient (Wildman–Crippen LogP) is 3.54. The number of nitrogens with one attached hydrogen (secondary N) is 2. The van der Waals surface area contributed by atoms with Crippen LogP contribution in [0.25, 0.3) is 0 Å². The smallest absolute Gasteiger partial charge is 0.230 e. The second kappa shape index (κ2) is 8.62. The molecule has 0 aliphatic heterocycles. The molecule has 2 aromatic carbocycles. The van der Waals surface area contributed by atoms with Crippen molar-refractivity contribution in [3.63, 3.8) is 0 Å². The van der Waals surface area contributed by atoms with Crippen LogP contribution in [-0.2, 0) is 21.1 Å². The van der Waals surface area contributed by atoms with Crippen molar-refractivity contribution >= 4 is 49.3 Å². The second-order valence-corrected chi connectivity index (χ2v) is 9.61. The van der Waals surface area contributed by atoms with Crippen molar-refractivity contribution in [2.75, 3.05) is 35.9 Å². The first-order valence-electron chi connectivity index (χ1n) is 8.79.